The molecule has 0 aliphatic heterocycles. The molecule has 2 aromatic rings. The Hall–Kier alpha value is -1.18. The molecule has 1 aliphatic carbocycles. The zero-order valence-electron chi connectivity index (χ0n) is 12.2. The van der Waals surface area contributed by atoms with Crippen LogP contribution in [-0.4, -0.2) is 48.9 Å². The zero-order chi connectivity index (χ0) is 16.6. The van der Waals surface area contributed by atoms with Crippen LogP contribution in [0.3, 0.4) is 0 Å². The summed E-state index contributed by atoms with van der Waals surface area (Å²) >= 11 is 12.3. The van der Waals surface area contributed by atoms with Gasteiger partial charge in [0.1, 0.15) is 12.7 Å². The number of hydrogen-bond acceptors (Lipinski definition) is 5. The lowest BCUT2D eigenvalue weighted by Crippen LogP contribution is -2.48. The van der Waals surface area contributed by atoms with Crippen LogP contribution in [0.1, 0.15) is 12.0 Å². The monoisotopic (exact) mass is 357 g/mol. The second-order valence-electron chi connectivity index (χ2n) is 5.90. The first-order valence-corrected chi connectivity index (χ1v) is 7.99. The van der Waals surface area contributed by atoms with E-state index >= 15 is 0 Å². The van der Waals surface area contributed by atoms with Crippen molar-refractivity contribution in [3.63, 3.8) is 0 Å². The van der Waals surface area contributed by atoms with Gasteiger partial charge in [-0.25, -0.2) is 4.98 Å². The van der Waals surface area contributed by atoms with Crippen LogP contribution >= 0.6 is 23.2 Å². The Morgan fingerprint density at radius 2 is 2.09 bits per heavy atom. The SMILES string of the molecule is OCC1CC(O)C(Cn2cncn2)(c2ccc(Cl)cc2Cl)C1O. The molecule has 124 valence electrons. The molecule has 0 bridgehead atoms. The third kappa shape index (κ3) is 2.75. The van der Waals surface area contributed by atoms with Crippen LogP contribution in [0.15, 0.2) is 30.9 Å². The van der Waals surface area contributed by atoms with Gasteiger partial charge in [0.15, 0.2) is 0 Å². The highest BCUT2D eigenvalue weighted by molar-refractivity contribution is 6.35. The Labute approximate surface area is 143 Å². The van der Waals surface area contributed by atoms with Crippen molar-refractivity contribution in [3.05, 3.63) is 46.5 Å². The smallest absolute Gasteiger partial charge is 0.137 e. The predicted octanol–water partition coefficient (Wildman–Crippen LogP) is 1.26. The molecule has 6 nitrogen and oxygen atoms in total. The molecule has 0 saturated heterocycles. The average molecular weight is 358 g/mol. The molecular formula is C15H17Cl2N3O3. The van der Waals surface area contributed by atoms with Gasteiger partial charge in [0.25, 0.3) is 0 Å². The van der Waals surface area contributed by atoms with Crippen LogP contribution < -0.4 is 0 Å². The van der Waals surface area contributed by atoms with Gasteiger partial charge in [-0.15, -0.1) is 0 Å². The number of benzene rings is 1. The normalized spacial score (nSPS) is 30.7. The number of halogens is 2. The molecule has 0 radical (unpaired) electrons. The number of nitrogens with zero attached hydrogens (tertiary/aromatic N) is 3. The maximum atomic E-state index is 10.8. The molecule has 1 fully saturated rings. The van der Waals surface area contributed by atoms with Crippen LogP contribution in [0.25, 0.3) is 0 Å². The van der Waals surface area contributed by atoms with E-state index in [-0.39, 0.29) is 19.6 Å². The standard InChI is InChI=1S/C15H17Cl2N3O3/c16-10-1-2-11(12(17)4-10)15(6-20-8-18-7-19-20)13(22)3-9(5-21)14(15)23/h1-2,4,7-9,13-14,21-23H,3,5-6H2. The van der Waals surface area contributed by atoms with Gasteiger partial charge in [0.2, 0.25) is 0 Å². The lowest BCUT2D eigenvalue weighted by Gasteiger charge is -2.37. The Bertz CT molecular complexity index is 683. The van der Waals surface area contributed by atoms with Gasteiger partial charge in [0.05, 0.1) is 24.2 Å². The fourth-order valence-corrected chi connectivity index (χ4v) is 4.07. The average Bonchev–Trinajstić information content (AvgIpc) is 3.10. The van der Waals surface area contributed by atoms with Gasteiger partial charge < -0.3 is 15.3 Å². The number of aliphatic hydroxyl groups excluding tert-OH is 3. The highest BCUT2D eigenvalue weighted by atomic mass is 35.5. The maximum absolute atomic E-state index is 10.8. The largest absolute Gasteiger partial charge is 0.396 e. The summed E-state index contributed by atoms with van der Waals surface area (Å²) in [5.41, 5.74) is -0.516. The molecule has 4 atom stereocenters. The first-order chi connectivity index (χ1) is 11.0. The molecule has 1 saturated carbocycles. The van der Waals surface area contributed by atoms with Crippen molar-refractivity contribution in [3.8, 4) is 0 Å². The van der Waals surface area contributed by atoms with E-state index in [2.05, 4.69) is 10.1 Å². The van der Waals surface area contributed by atoms with E-state index < -0.39 is 23.5 Å². The summed E-state index contributed by atoms with van der Waals surface area (Å²) in [6.45, 7) is -0.0320. The molecule has 0 spiro atoms. The quantitative estimate of drug-likeness (QED) is 0.765. The van der Waals surface area contributed by atoms with E-state index in [1.165, 1.54) is 17.3 Å². The van der Waals surface area contributed by atoms with E-state index in [4.69, 9.17) is 23.2 Å². The summed E-state index contributed by atoms with van der Waals surface area (Å²) in [6, 6.07) is 4.94. The van der Waals surface area contributed by atoms with Crippen molar-refractivity contribution in [2.75, 3.05) is 6.61 Å². The van der Waals surface area contributed by atoms with E-state index in [1.807, 2.05) is 0 Å². The first kappa shape index (κ1) is 16.7. The van der Waals surface area contributed by atoms with Crippen LogP contribution in [0, 0.1) is 5.92 Å². The first-order valence-electron chi connectivity index (χ1n) is 7.24. The number of rotatable bonds is 4. The van der Waals surface area contributed by atoms with Crippen molar-refractivity contribution in [1.82, 2.24) is 14.8 Å². The summed E-state index contributed by atoms with van der Waals surface area (Å²) < 4.78 is 1.54. The zero-order valence-corrected chi connectivity index (χ0v) is 13.7. The minimum absolute atomic E-state index is 0.188. The molecule has 1 aromatic carbocycles. The van der Waals surface area contributed by atoms with E-state index in [0.29, 0.717) is 15.6 Å². The Balaban J connectivity index is 2.13. The molecule has 23 heavy (non-hydrogen) atoms. The molecule has 1 aliphatic rings. The number of aliphatic hydroxyl groups is 3. The predicted molar refractivity (Wildman–Crippen MR) is 85.4 cm³/mol. The van der Waals surface area contributed by atoms with E-state index in [0.717, 1.165) is 0 Å². The van der Waals surface area contributed by atoms with Gasteiger partial charge in [0, 0.05) is 22.6 Å². The van der Waals surface area contributed by atoms with E-state index in [1.54, 1.807) is 18.2 Å². The molecular weight excluding hydrogens is 341 g/mol. The lowest BCUT2D eigenvalue weighted by atomic mass is 9.74. The minimum atomic E-state index is -1.09. The van der Waals surface area contributed by atoms with Gasteiger partial charge in [-0.2, -0.15) is 5.10 Å². The minimum Gasteiger partial charge on any atom is -0.396 e. The Morgan fingerprint density at radius 1 is 1.30 bits per heavy atom. The number of aromatic nitrogens is 3. The second-order valence-corrected chi connectivity index (χ2v) is 6.74. The maximum Gasteiger partial charge on any atom is 0.137 e. The topological polar surface area (TPSA) is 91.4 Å². The van der Waals surface area contributed by atoms with Gasteiger partial charge in [-0.1, -0.05) is 29.3 Å². The molecule has 1 heterocycles. The molecule has 3 N–H and O–H groups in total. The summed E-state index contributed by atoms with van der Waals surface area (Å²) in [5.74, 6) is -0.444. The van der Waals surface area contributed by atoms with Crippen LogP contribution in [0.4, 0.5) is 0 Å². The Morgan fingerprint density at radius 3 is 2.65 bits per heavy atom. The van der Waals surface area contributed by atoms with Gasteiger partial charge in [-0.05, 0) is 24.1 Å². The van der Waals surface area contributed by atoms with Gasteiger partial charge >= 0.3 is 0 Å². The molecule has 1 aromatic heterocycles. The number of hydrogen-bond donors (Lipinski definition) is 3. The third-order valence-corrected chi connectivity index (χ3v) is 5.20. The lowest BCUT2D eigenvalue weighted by molar-refractivity contribution is 0.00322. The second kappa shape index (κ2) is 6.37. The Kier molecular flexibility index (Phi) is 4.62. The van der Waals surface area contributed by atoms with Crippen molar-refractivity contribution < 1.29 is 15.3 Å². The van der Waals surface area contributed by atoms with Crippen LogP contribution in [0.5, 0.6) is 0 Å². The summed E-state index contributed by atoms with van der Waals surface area (Å²) in [4.78, 5) is 3.90. The van der Waals surface area contributed by atoms with E-state index in [9.17, 15) is 15.3 Å². The fraction of sp³-hybridized carbons (Fsp3) is 0.467. The summed E-state index contributed by atoms with van der Waals surface area (Å²) in [6.07, 6.45) is 1.29. The summed E-state index contributed by atoms with van der Waals surface area (Å²) in [7, 11) is 0. The van der Waals surface area contributed by atoms with Crippen LogP contribution in [0.2, 0.25) is 10.0 Å². The van der Waals surface area contributed by atoms with Crippen molar-refractivity contribution in [2.45, 2.75) is 30.6 Å². The fourth-order valence-electron chi connectivity index (χ4n) is 3.49. The third-order valence-electron chi connectivity index (χ3n) is 4.65. The highest BCUT2D eigenvalue weighted by Gasteiger charge is 2.56. The molecule has 3 rings (SSSR count). The molecule has 4 unspecified atom stereocenters. The highest BCUT2D eigenvalue weighted by Crippen LogP contribution is 2.48. The molecule has 0 amide bonds. The van der Waals surface area contributed by atoms with Gasteiger partial charge in [-0.3, -0.25) is 4.68 Å². The van der Waals surface area contributed by atoms with Crippen molar-refractivity contribution in [1.29, 1.82) is 0 Å². The van der Waals surface area contributed by atoms with Crippen LogP contribution in [-0.2, 0) is 12.0 Å². The van der Waals surface area contributed by atoms with Crippen molar-refractivity contribution >= 4 is 23.2 Å². The summed E-state index contributed by atoms with van der Waals surface area (Å²) in [5, 5.41) is 36.0. The molecule has 8 heteroatoms. The van der Waals surface area contributed by atoms with Crippen molar-refractivity contribution in [2.24, 2.45) is 5.92 Å².